The van der Waals surface area contributed by atoms with Gasteiger partial charge in [0.15, 0.2) is 6.10 Å². The number of carbonyl (C=O) groups excluding carboxylic acids is 2. The van der Waals surface area contributed by atoms with Gasteiger partial charge in [-0.1, -0.05) is 36.4 Å². The zero-order valence-electron chi connectivity index (χ0n) is 15.4. The van der Waals surface area contributed by atoms with E-state index >= 15 is 0 Å². The molecule has 6 heteroatoms. The van der Waals surface area contributed by atoms with Crippen LogP contribution >= 0.6 is 0 Å². The van der Waals surface area contributed by atoms with Crippen LogP contribution in [0.3, 0.4) is 0 Å². The highest BCUT2D eigenvalue weighted by Gasteiger charge is 2.26. The maximum Gasteiger partial charge on any atom is 0.346 e. The summed E-state index contributed by atoms with van der Waals surface area (Å²) in [7, 11) is 4.57. The van der Waals surface area contributed by atoms with E-state index in [0.717, 1.165) is 5.56 Å². The molecule has 1 atom stereocenters. The lowest BCUT2D eigenvalue weighted by atomic mass is 10.1. The van der Waals surface area contributed by atoms with Crippen LogP contribution in [0.25, 0.3) is 0 Å². The SMILES string of the molecule is COc1cccc(OC)c1C(=O)O[C@H](C)C(=O)N(C)Cc1ccccc1. The molecule has 0 spiro atoms. The van der Waals surface area contributed by atoms with Crippen LogP contribution in [0.5, 0.6) is 11.5 Å². The van der Waals surface area contributed by atoms with Crippen molar-refractivity contribution in [1.29, 1.82) is 0 Å². The average Bonchev–Trinajstić information content (AvgIpc) is 2.67. The lowest BCUT2D eigenvalue weighted by Gasteiger charge is -2.22. The monoisotopic (exact) mass is 357 g/mol. The number of rotatable bonds is 7. The molecule has 26 heavy (non-hydrogen) atoms. The van der Waals surface area contributed by atoms with Crippen LogP contribution < -0.4 is 9.47 Å². The van der Waals surface area contributed by atoms with Gasteiger partial charge in [-0.15, -0.1) is 0 Å². The largest absolute Gasteiger partial charge is 0.496 e. The molecule has 0 aliphatic carbocycles. The van der Waals surface area contributed by atoms with Gasteiger partial charge in [-0.05, 0) is 24.6 Å². The number of benzene rings is 2. The minimum atomic E-state index is -0.939. The van der Waals surface area contributed by atoms with Gasteiger partial charge in [-0.2, -0.15) is 0 Å². The van der Waals surface area contributed by atoms with Crippen LogP contribution in [0.15, 0.2) is 48.5 Å². The Morgan fingerprint density at radius 3 is 2.08 bits per heavy atom. The van der Waals surface area contributed by atoms with Gasteiger partial charge >= 0.3 is 5.97 Å². The van der Waals surface area contributed by atoms with E-state index in [1.54, 1.807) is 32.2 Å². The summed E-state index contributed by atoms with van der Waals surface area (Å²) < 4.78 is 15.8. The van der Waals surface area contributed by atoms with E-state index in [2.05, 4.69) is 0 Å². The molecule has 0 N–H and O–H groups in total. The van der Waals surface area contributed by atoms with E-state index in [0.29, 0.717) is 18.0 Å². The lowest BCUT2D eigenvalue weighted by Crippen LogP contribution is -2.37. The molecule has 138 valence electrons. The quantitative estimate of drug-likeness (QED) is 0.713. The fourth-order valence-corrected chi connectivity index (χ4v) is 2.57. The topological polar surface area (TPSA) is 65.1 Å². The number of hydrogen-bond acceptors (Lipinski definition) is 5. The van der Waals surface area contributed by atoms with Crippen LogP contribution in [0.1, 0.15) is 22.8 Å². The summed E-state index contributed by atoms with van der Waals surface area (Å²) in [6.45, 7) is 1.98. The molecule has 0 heterocycles. The summed E-state index contributed by atoms with van der Waals surface area (Å²) >= 11 is 0. The number of likely N-dealkylation sites (N-methyl/N-ethyl adjacent to an activating group) is 1. The van der Waals surface area contributed by atoms with Crippen molar-refractivity contribution in [2.24, 2.45) is 0 Å². The minimum Gasteiger partial charge on any atom is -0.496 e. The summed E-state index contributed by atoms with van der Waals surface area (Å²) in [6, 6.07) is 14.6. The molecular weight excluding hydrogens is 334 g/mol. The molecule has 1 amide bonds. The number of carbonyl (C=O) groups is 2. The first-order valence-corrected chi connectivity index (χ1v) is 8.18. The van der Waals surface area contributed by atoms with E-state index in [9.17, 15) is 9.59 Å². The number of nitrogens with zero attached hydrogens (tertiary/aromatic N) is 1. The molecule has 2 aromatic carbocycles. The lowest BCUT2D eigenvalue weighted by molar-refractivity contribution is -0.139. The van der Waals surface area contributed by atoms with Gasteiger partial charge in [-0.25, -0.2) is 4.79 Å². The first-order valence-electron chi connectivity index (χ1n) is 8.18. The Balaban J connectivity index is 2.08. The highest BCUT2D eigenvalue weighted by Crippen LogP contribution is 2.29. The van der Waals surface area contributed by atoms with Gasteiger partial charge in [0.2, 0.25) is 0 Å². The fourth-order valence-electron chi connectivity index (χ4n) is 2.57. The number of methoxy groups -OCH3 is 2. The maximum absolute atomic E-state index is 12.5. The number of amides is 1. The normalized spacial score (nSPS) is 11.4. The smallest absolute Gasteiger partial charge is 0.346 e. The Labute approximate surface area is 153 Å². The van der Waals surface area contributed by atoms with Crippen molar-refractivity contribution in [3.63, 3.8) is 0 Å². The fraction of sp³-hybridized carbons (Fsp3) is 0.300. The third kappa shape index (κ3) is 4.53. The highest BCUT2D eigenvalue weighted by molar-refractivity contribution is 5.97. The van der Waals surface area contributed by atoms with E-state index in [-0.39, 0.29) is 11.5 Å². The molecule has 0 unspecified atom stereocenters. The molecule has 0 aromatic heterocycles. The summed E-state index contributed by atoms with van der Waals surface area (Å²) in [6.07, 6.45) is -0.939. The summed E-state index contributed by atoms with van der Waals surface area (Å²) in [5.74, 6) is -0.317. The highest BCUT2D eigenvalue weighted by atomic mass is 16.6. The molecular formula is C20H23NO5. The van der Waals surface area contributed by atoms with Crippen molar-refractivity contribution in [2.45, 2.75) is 19.6 Å². The van der Waals surface area contributed by atoms with Crippen LogP contribution in [0.2, 0.25) is 0 Å². The van der Waals surface area contributed by atoms with E-state index in [1.807, 2.05) is 30.3 Å². The van der Waals surface area contributed by atoms with Gasteiger partial charge in [0.25, 0.3) is 5.91 Å². The van der Waals surface area contributed by atoms with E-state index < -0.39 is 12.1 Å². The van der Waals surface area contributed by atoms with Crippen molar-refractivity contribution in [1.82, 2.24) is 4.90 Å². The van der Waals surface area contributed by atoms with Gasteiger partial charge < -0.3 is 19.1 Å². The Morgan fingerprint density at radius 1 is 0.962 bits per heavy atom. The van der Waals surface area contributed by atoms with Gasteiger partial charge in [0.1, 0.15) is 17.1 Å². The molecule has 0 saturated carbocycles. The molecule has 0 bridgehead atoms. The van der Waals surface area contributed by atoms with Crippen LogP contribution in [0, 0.1) is 0 Å². The number of ether oxygens (including phenoxy) is 3. The van der Waals surface area contributed by atoms with Crippen LogP contribution in [0.4, 0.5) is 0 Å². The second kappa shape index (κ2) is 8.89. The number of esters is 1. The van der Waals surface area contributed by atoms with Crippen LogP contribution in [-0.2, 0) is 16.1 Å². The predicted molar refractivity (Wildman–Crippen MR) is 97.3 cm³/mol. The van der Waals surface area contributed by atoms with Crippen molar-refractivity contribution in [2.75, 3.05) is 21.3 Å². The molecule has 2 rings (SSSR count). The van der Waals surface area contributed by atoms with Gasteiger partial charge in [0.05, 0.1) is 14.2 Å². The van der Waals surface area contributed by atoms with Gasteiger partial charge in [0, 0.05) is 13.6 Å². The Kier molecular flexibility index (Phi) is 6.60. The summed E-state index contributed by atoms with van der Waals surface area (Å²) in [5, 5.41) is 0. The van der Waals surface area contributed by atoms with Crippen molar-refractivity contribution in [3.8, 4) is 11.5 Å². The molecule has 0 fully saturated rings. The Bertz CT molecular complexity index is 738. The minimum absolute atomic E-state index is 0.155. The molecule has 0 saturated heterocycles. The summed E-state index contributed by atoms with van der Waals surface area (Å²) in [4.78, 5) is 26.6. The first kappa shape index (κ1) is 19.3. The molecule has 0 aliphatic heterocycles. The van der Waals surface area contributed by atoms with Crippen molar-refractivity contribution < 1.29 is 23.8 Å². The Hall–Kier alpha value is -3.02. The summed E-state index contributed by atoms with van der Waals surface area (Å²) in [5.41, 5.74) is 1.15. The van der Waals surface area contributed by atoms with Crippen molar-refractivity contribution in [3.05, 3.63) is 59.7 Å². The molecule has 6 nitrogen and oxygen atoms in total. The molecule has 0 radical (unpaired) electrons. The average molecular weight is 357 g/mol. The predicted octanol–water partition coefficient (Wildman–Crippen LogP) is 2.91. The third-order valence-corrected chi connectivity index (χ3v) is 3.90. The van der Waals surface area contributed by atoms with Crippen molar-refractivity contribution >= 4 is 11.9 Å². The van der Waals surface area contributed by atoms with E-state index in [4.69, 9.17) is 14.2 Å². The second-order valence-electron chi connectivity index (χ2n) is 5.76. The zero-order valence-corrected chi connectivity index (χ0v) is 15.4. The van der Waals surface area contributed by atoms with Crippen LogP contribution in [-0.4, -0.2) is 44.1 Å². The zero-order chi connectivity index (χ0) is 19.1. The molecule has 0 aliphatic rings. The molecule has 2 aromatic rings. The Morgan fingerprint density at radius 2 is 1.54 bits per heavy atom. The maximum atomic E-state index is 12.5. The van der Waals surface area contributed by atoms with Gasteiger partial charge in [-0.3, -0.25) is 4.79 Å². The standard InChI is InChI=1S/C20H23NO5/c1-14(19(22)21(2)13-15-9-6-5-7-10-15)26-20(23)18-16(24-3)11-8-12-17(18)25-4/h5-12,14H,13H2,1-4H3/t14-/m1/s1. The third-order valence-electron chi connectivity index (χ3n) is 3.90. The first-order chi connectivity index (χ1) is 12.5. The second-order valence-corrected chi connectivity index (χ2v) is 5.76. The number of hydrogen-bond donors (Lipinski definition) is 0. The van der Waals surface area contributed by atoms with E-state index in [1.165, 1.54) is 19.1 Å².